The van der Waals surface area contributed by atoms with E-state index in [4.69, 9.17) is 23.2 Å². The number of rotatable bonds is 3. The fraction of sp³-hybridized carbons (Fsp3) is 0.231. The quantitative estimate of drug-likeness (QED) is 0.655. The summed E-state index contributed by atoms with van der Waals surface area (Å²) >= 11 is 12.1. The molecule has 1 rings (SSSR count). The minimum atomic E-state index is 0.777. The van der Waals surface area contributed by atoms with E-state index in [0.29, 0.717) is 0 Å². The van der Waals surface area contributed by atoms with Crippen LogP contribution in [0.3, 0.4) is 0 Å². The number of hydrogen-bond donors (Lipinski definition) is 0. The minimum Gasteiger partial charge on any atom is -0.0892 e. The van der Waals surface area contributed by atoms with Crippen molar-refractivity contribution < 1.29 is 0 Å². The van der Waals surface area contributed by atoms with Crippen LogP contribution >= 0.6 is 23.2 Å². The average molecular weight is 241 g/mol. The second-order valence-corrected chi connectivity index (χ2v) is 4.30. The van der Waals surface area contributed by atoms with E-state index in [9.17, 15) is 0 Å². The molecule has 1 aromatic carbocycles. The Labute approximate surface area is 101 Å². The van der Waals surface area contributed by atoms with Gasteiger partial charge in [0.05, 0.1) is 0 Å². The Hall–Kier alpha value is -0.720. The van der Waals surface area contributed by atoms with Gasteiger partial charge >= 0.3 is 0 Å². The van der Waals surface area contributed by atoms with Crippen LogP contribution in [0.1, 0.15) is 19.4 Å². The molecule has 2 heteroatoms. The summed E-state index contributed by atoms with van der Waals surface area (Å²) in [4.78, 5) is 0. The lowest BCUT2D eigenvalue weighted by Crippen LogP contribution is -1.90. The minimum absolute atomic E-state index is 0.777. The van der Waals surface area contributed by atoms with E-state index in [2.05, 4.69) is 0 Å². The fourth-order valence-corrected chi connectivity index (χ4v) is 1.68. The van der Waals surface area contributed by atoms with Gasteiger partial charge in [-0.15, -0.1) is 0 Å². The zero-order chi connectivity index (χ0) is 11.3. The summed E-state index contributed by atoms with van der Waals surface area (Å²) in [6.45, 7) is 3.88. The van der Waals surface area contributed by atoms with Gasteiger partial charge in [0.15, 0.2) is 0 Å². The molecule has 15 heavy (non-hydrogen) atoms. The predicted molar refractivity (Wildman–Crippen MR) is 68.5 cm³/mol. The molecule has 0 amide bonds. The third kappa shape index (κ3) is 3.73. The smallest absolute Gasteiger partial charge is 0.0441 e. The molecule has 0 atom stereocenters. The lowest BCUT2D eigenvalue weighted by molar-refractivity contribution is 1.18. The van der Waals surface area contributed by atoms with Crippen LogP contribution in [0.2, 0.25) is 5.02 Å². The van der Waals surface area contributed by atoms with Crippen LogP contribution in [-0.4, -0.2) is 0 Å². The Kier molecular flexibility index (Phi) is 4.93. The highest BCUT2D eigenvalue weighted by Gasteiger charge is 2.03. The molecule has 0 aromatic heterocycles. The molecular weight excluding hydrogens is 227 g/mol. The molecular formula is C13H14Cl2. The first-order valence-corrected chi connectivity index (χ1v) is 5.62. The summed E-state index contributed by atoms with van der Waals surface area (Å²) < 4.78 is 0. The third-order valence-corrected chi connectivity index (χ3v) is 2.76. The molecule has 0 radical (unpaired) electrons. The Morgan fingerprint density at radius 3 is 2.53 bits per heavy atom. The molecule has 0 nitrogen and oxygen atoms in total. The third-order valence-electron chi connectivity index (χ3n) is 2.15. The molecule has 0 fully saturated rings. The zero-order valence-corrected chi connectivity index (χ0v) is 10.4. The van der Waals surface area contributed by atoms with Gasteiger partial charge in [-0.2, -0.15) is 0 Å². The molecule has 0 heterocycles. The molecule has 0 saturated heterocycles. The van der Waals surface area contributed by atoms with Crippen molar-refractivity contribution in [3.05, 3.63) is 57.6 Å². The summed E-state index contributed by atoms with van der Waals surface area (Å²) in [5.74, 6) is 0. The first-order chi connectivity index (χ1) is 7.15. The van der Waals surface area contributed by atoms with Crippen LogP contribution in [0.15, 0.2) is 47.0 Å². The van der Waals surface area contributed by atoms with Gasteiger partial charge in [-0.1, -0.05) is 53.6 Å². The van der Waals surface area contributed by atoms with E-state index in [0.717, 1.165) is 27.6 Å². The van der Waals surface area contributed by atoms with E-state index in [1.165, 1.54) is 0 Å². The molecule has 0 unspecified atom stereocenters. The Morgan fingerprint density at radius 2 is 2.00 bits per heavy atom. The molecule has 0 bridgehead atoms. The zero-order valence-electron chi connectivity index (χ0n) is 8.93. The first-order valence-electron chi connectivity index (χ1n) is 4.86. The van der Waals surface area contributed by atoms with Crippen LogP contribution in [0.25, 0.3) is 0 Å². The second kappa shape index (κ2) is 5.99. The highest BCUT2D eigenvalue weighted by atomic mass is 35.5. The molecule has 80 valence electrons. The first kappa shape index (κ1) is 12.4. The van der Waals surface area contributed by atoms with Crippen LogP contribution in [-0.2, 0) is 6.42 Å². The Bertz CT molecular complexity index is 385. The normalized spacial score (nSPS) is 13.1. The van der Waals surface area contributed by atoms with Crippen molar-refractivity contribution in [2.24, 2.45) is 0 Å². The van der Waals surface area contributed by atoms with Gasteiger partial charge in [-0.05, 0) is 31.1 Å². The lowest BCUT2D eigenvalue weighted by Gasteiger charge is -2.06. The van der Waals surface area contributed by atoms with E-state index < -0.39 is 0 Å². The molecule has 0 saturated carbocycles. The largest absolute Gasteiger partial charge is 0.0892 e. The number of halogens is 2. The average Bonchev–Trinajstić information content (AvgIpc) is 2.20. The topological polar surface area (TPSA) is 0 Å². The summed E-state index contributed by atoms with van der Waals surface area (Å²) in [5, 5.41) is 1.60. The van der Waals surface area contributed by atoms with Crippen molar-refractivity contribution in [3.8, 4) is 0 Å². The molecule has 0 spiro atoms. The number of hydrogen-bond acceptors (Lipinski definition) is 0. The summed E-state index contributed by atoms with van der Waals surface area (Å²) in [6, 6.07) is 7.83. The van der Waals surface area contributed by atoms with Crippen LogP contribution in [0, 0.1) is 0 Å². The van der Waals surface area contributed by atoms with Crippen LogP contribution in [0.4, 0.5) is 0 Å². The van der Waals surface area contributed by atoms with Gasteiger partial charge in [-0.3, -0.25) is 0 Å². The Morgan fingerprint density at radius 1 is 1.33 bits per heavy atom. The van der Waals surface area contributed by atoms with E-state index in [1.807, 2.05) is 50.3 Å². The van der Waals surface area contributed by atoms with Gasteiger partial charge in [0.2, 0.25) is 0 Å². The van der Waals surface area contributed by atoms with E-state index in [1.54, 1.807) is 0 Å². The van der Waals surface area contributed by atoms with Crippen molar-refractivity contribution in [3.63, 3.8) is 0 Å². The maximum atomic E-state index is 6.08. The van der Waals surface area contributed by atoms with Gasteiger partial charge in [-0.25, -0.2) is 0 Å². The predicted octanol–water partition coefficient (Wildman–Crippen LogP) is 4.97. The number of benzene rings is 1. The maximum Gasteiger partial charge on any atom is 0.0441 e. The highest BCUT2D eigenvalue weighted by molar-refractivity contribution is 6.31. The summed E-state index contributed by atoms with van der Waals surface area (Å²) in [5.41, 5.74) is 2.21. The lowest BCUT2D eigenvalue weighted by atomic mass is 10.0. The molecule has 0 aliphatic heterocycles. The summed E-state index contributed by atoms with van der Waals surface area (Å²) in [6.07, 6.45) is 4.78. The molecule has 0 aliphatic rings. The van der Waals surface area contributed by atoms with Gasteiger partial charge in [0, 0.05) is 16.5 Å². The van der Waals surface area contributed by atoms with Gasteiger partial charge in [0.25, 0.3) is 0 Å². The van der Waals surface area contributed by atoms with Gasteiger partial charge < -0.3 is 0 Å². The fourth-order valence-electron chi connectivity index (χ4n) is 1.34. The Balaban J connectivity index is 2.94. The summed E-state index contributed by atoms with van der Waals surface area (Å²) in [7, 11) is 0. The van der Waals surface area contributed by atoms with Crippen molar-refractivity contribution in [1.82, 2.24) is 0 Å². The highest BCUT2D eigenvalue weighted by Crippen LogP contribution is 2.22. The van der Waals surface area contributed by atoms with Crippen molar-refractivity contribution in [2.45, 2.75) is 20.3 Å². The van der Waals surface area contributed by atoms with Gasteiger partial charge in [0.1, 0.15) is 0 Å². The van der Waals surface area contributed by atoms with Crippen molar-refractivity contribution in [1.29, 1.82) is 0 Å². The standard InChI is InChI=1S/C13H14Cl2/c1-3-6-11(10(2)14)9-12-7-4-5-8-13(12)15/h3-8H,9H2,1-2H3/b6-3-,11-10-. The van der Waals surface area contributed by atoms with Crippen LogP contribution < -0.4 is 0 Å². The number of allylic oxidation sites excluding steroid dienone is 4. The monoisotopic (exact) mass is 240 g/mol. The van der Waals surface area contributed by atoms with Crippen molar-refractivity contribution in [2.75, 3.05) is 0 Å². The second-order valence-electron chi connectivity index (χ2n) is 3.33. The van der Waals surface area contributed by atoms with E-state index in [-0.39, 0.29) is 0 Å². The van der Waals surface area contributed by atoms with Crippen LogP contribution in [0.5, 0.6) is 0 Å². The maximum absolute atomic E-state index is 6.08. The van der Waals surface area contributed by atoms with Crippen molar-refractivity contribution >= 4 is 23.2 Å². The molecule has 1 aromatic rings. The molecule has 0 aliphatic carbocycles. The molecule has 0 N–H and O–H groups in total. The SMILES string of the molecule is C/C=C\C(Cc1ccccc1Cl)=C(/C)Cl. The van der Waals surface area contributed by atoms with E-state index >= 15 is 0 Å².